The van der Waals surface area contributed by atoms with Crippen LogP contribution in [0.3, 0.4) is 0 Å². The van der Waals surface area contributed by atoms with Crippen molar-refractivity contribution in [3.05, 3.63) is 30.3 Å². The number of likely N-dealkylation sites (N-methyl/N-ethyl adjacent to an activating group) is 1. The molecule has 0 spiro atoms. The molecule has 1 N–H and O–H groups in total. The second-order valence-corrected chi connectivity index (χ2v) is 5.77. The number of rotatable bonds is 6. The fourth-order valence-corrected chi connectivity index (χ4v) is 2.95. The zero-order valence-corrected chi connectivity index (χ0v) is 13.1. The first-order valence-electron chi connectivity index (χ1n) is 7.82. The first-order valence-corrected chi connectivity index (χ1v) is 7.82. The van der Waals surface area contributed by atoms with E-state index < -0.39 is 0 Å². The Kier molecular flexibility index (Phi) is 5.62. The van der Waals surface area contributed by atoms with E-state index in [-0.39, 0.29) is 11.3 Å². The van der Waals surface area contributed by atoms with Gasteiger partial charge in [0.15, 0.2) is 0 Å². The van der Waals surface area contributed by atoms with Crippen LogP contribution in [0.25, 0.3) is 0 Å². The average Bonchev–Trinajstić information content (AvgIpc) is 2.55. The van der Waals surface area contributed by atoms with E-state index in [9.17, 15) is 4.79 Å². The summed E-state index contributed by atoms with van der Waals surface area (Å²) in [6, 6.07) is 9.73. The molecule has 1 amide bonds. The van der Waals surface area contributed by atoms with Crippen LogP contribution in [0.4, 0.5) is 0 Å². The molecule has 0 aliphatic carbocycles. The Morgan fingerprint density at radius 1 is 1.29 bits per heavy atom. The number of ether oxygens (including phenoxy) is 1. The van der Waals surface area contributed by atoms with Crippen LogP contribution >= 0.6 is 0 Å². The summed E-state index contributed by atoms with van der Waals surface area (Å²) in [5.41, 5.74) is -0.174. The number of carbonyl (C=O) groups is 1. The Bertz CT molecular complexity index is 441. The molecule has 4 heteroatoms. The van der Waals surface area contributed by atoms with Crippen molar-refractivity contribution in [3.8, 4) is 5.75 Å². The summed E-state index contributed by atoms with van der Waals surface area (Å²) in [5, 5.41) is 3.34. The lowest BCUT2D eigenvalue weighted by atomic mass is 9.75. The van der Waals surface area contributed by atoms with Crippen LogP contribution in [0.15, 0.2) is 30.3 Å². The first-order chi connectivity index (χ1) is 10.2. The highest BCUT2D eigenvalue weighted by atomic mass is 16.5. The second kappa shape index (κ2) is 7.46. The number of benzene rings is 1. The Hall–Kier alpha value is -1.55. The van der Waals surface area contributed by atoms with Crippen molar-refractivity contribution >= 4 is 5.91 Å². The van der Waals surface area contributed by atoms with Crippen molar-refractivity contribution in [2.24, 2.45) is 5.41 Å². The van der Waals surface area contributed by atoms with Crippen LogP contribution in [-0.4, -0.2) is 44.1 Å². The number of hydrogen-bond acceptors (Lipinski definition) is 3. The number of nitrogens with one attached hydrogen (secondary N) is 1. The molecule has 0 bridgehead atoms. The molecule has 1 aromatic rings. The Morgan fingerprint density at radius 3 is 2.57 bits per heavy atom. The van der Waals surface area contributed by atoms with Gasteiger partial charge in [0.2, 0.25) is 5.91 Å². The fourth-order valence-electron chi connectivity index (χ4n) is 2.95. The molecule has 0 radical (unpaired) electrons. The highest BCUT2D eigenvalue weighted by Crippen LogP contribution is 2.34. The topological polar surface area (TPSA) is 41.6 Å². The van der Waals surface area contributed by atoms with Gasteiger partial charge in [-0.3, -0.25) is 4.79 Å². The number of hydrogen-bond donors (Lipinski definition) is 1. The van der Waals surface area contributed by atoms with Crippen molar-refractivity contribution in [1.29, 1.82) is 0 Å². The van der Waals surface area contributed by atoms with E-state index in [0.29, 0.717) is 13.2 Å². The van der Waals surface area contributed by atoms with E-state index in [1.807, 2.05) is 42.3 Å². The van der Waals surface area contributed by atoms with Gasteiger partial charge >= 0.3 is 0 Å². The number of nitrogens with zero attached hydrogens (tertiary/aromatic N) is 1. The monoisotopic (exact) mass is 290 g/mol. The van der Waals surface area contributed by atoms with E-state index in [1.165, 1.54) is 0 Å². The van der Waals surface area contributed by atoms with Crippen molar-refractivity contribution in [1.82, 2.24) is 10.2 Å². The molecule has 116 valence electrons. The number of para-hydroxylation sites is 1. The minimum Gasteiger partial charge on any atom is -0.492 e. The molecule has 1 aliphatic heterocycles. The highest BCUT2D eigenvalue weighted by molar-refractivity contribution is 5.82. The molecule has 1 aromatic carbocycles. The van der Waals surface area contributed by atoms with Gasteiger partial charge in [-0.15, -0.1) is 0 Å². The molecule has 0 saturated carbocycles. The van der Waals surface area contributed by atoms with Gasteiger partial charge in [0.1, 0.15) is 12.4 Å². The van der Waals surface area contributed by atoms with Gasteiger partial charge < -0.3 is 15.0 Å². The van der Waals surface area contributed by atoms with Gasteiger partial charge in [0.05, 0.1) is 12.0 Å². The zero-order chi connectivity index (χ0) is 15.1. The summed E-state index contributed by atoms with van der Waals surface area (Å²) in [5.74, 6) is 1.12. The van der Waals surface area contributed by atoms with Gasteiger partial charge in [0.25, 0.3) is 0 Å². The molecule has 2 rings (SSSR count). The Labute approximate surface area is 127 Å². The molecular formula is C17H26N2O2. The summed E-state index contributed by atoms with van der Waals surface area (Å²) < 4.78 is 5.67. The standard InChI is InChI=1S/C17H26N2O2/c1-3-17(9-11-18-12-10-17)16(20)19(2)13-14-21-15-7-5-4-6-8-15/h4-8,18H,3,9-14H2,1-2H3. The maximum absolute atomic E-state index is 12.7. The minimum atomic E-state index is -0.174. The molecular weight excluding hydrogens is 264 g/mol. The van der Waals surface area contributed by atoms with Crippen LogP contribution in [0, 0.1) is 5.41 Å². The van der Waals surface area contributed by atoms with Gasteiger partial charge in [-0.2, -0.15) is 0 Å². The quantitative estimate of drug-likeness (QED) is 0.874. The normalized spacial score (nSPS) is 17.2. The van der Waals surface area contributed by atoms with Crippen LogP contribution in [0.5, 0.6) is 5.75 Å². The Balaban J connectivity index is 1.84. The number of amides is 1. The molecule has 0 unspecified atom stereocenters. The molecule has 0 aromatic heterocycles. The van der Waals surface area contributed by atoms with Crippen molar-refractivity contribution in [3.63, 3.8) is 0 Å². The number of carbonyl (C=O) groups excluding carboxylic acids is 1. The fraction of sp³-hybridized carbons (Fsp3) is 0.588. The molecule has 1 fully saturated rings. The third kappa shape index (κ3) is 3.97. The molecule has 21 heavy (non-hydrogen) atoms. The van der Waals surface area contributed by atoms with E-state index in [1.54, 1.807) is 0 Å². The predicted octanol–water partition coefficient (Wildman–Crippen LogP) is 2.30. The molecule has 4 nitrogen and oxygen atoms in total. The van der Waals surface area contributed by atoms with E-state index in [0.717, 1.165) is 38.1 Å². The molecule has 1 aliphatic rings. The largest absolute Gasteiger partial charge is 0.492 e. The summed E-state index contributed by atoms with van der Waals surface area (Å²) in [6.07, 6.45) is 2.79. The first kappa shape index (κ1) is 15.8. The second-order valence-electron chi connectivity index (χ2n) is 5.77. The zero-order valence-electron chi connectivity index (χ0n) is 13.1. The van der Waals surface area contributed by atoms with Crippen LogP contribution < -0.4 is 10.1 Å². The summed E-state index contributed by atoms with van der Waals surface area (Å²) in [7, 11) is 1.89. The lowest BCUT2D eigenvalue weighted by Crippen LogP contribution is -2.48. The Morgan fingerprint density at radius 2 is 1.95 bits per heavy atom. The third-order valence-electron chi connectivity index (χ3n) is 4.48. The van der Waals surface area contributed by atoms with Crippen molar-refractivity contribution in [2.45, 2.75) is 26.2 Å². The van der Waals surface area contributed by atoms with Gasteiger partial charge in [-0.05, 0) is 44.5 Å². The lowest BCUT2D eigenvalue weighted by molar-refractivity contribution is -0.143. The minimum absolute atomic E-state index is 0.174. The van der Waals surface area contributed by atoms with Gasteiger partial charge in [0, 0.05) is 7.05 Å². The van der Waals surface area contributed by atoms with E-state index in [2.05, 4.69) is 12.2 Å². The van der Waals surface area contributed by atoms with Gasteiger partial charge in [-0.25, -0.2) is 0 Å². The molecule has 1 saturated heterocycles. The summed E-state index contributed by atoms with van der Waals surface area (Å²) >= 11 is 0. The van der Waals surface area contributed by atoms with Crippen LogP contribution in [0.1, 0.15) is 26.2 Å². The average molecular weight is 290 g/mol. The van der Waals surface area contributed by atoms with Crippen molar-refractivity contribution < 1.29 is 9.53 Å². The highest BCUT2D eigenvalue weighted by Gasteiger charge is 2.39. The maximum Gasteiger partial charge on any atom is 0.228 e. The van der Waals surface area contributed by atoms with E-state index >= 15 is 0 Å². The molecule has 0 atom stereocenters. The predicted molar refractivity (Wildman–Crippen MR) is 84.4 cm³/mol. The van der Waals surface area contributed by atoms with Crippen LogP contribution in [-0.2, 0) is 4.79 Å². The molecule has 1 heterocycles. The summed E-state index contributed by atoms with van der Waals surface area (Å²) in [4.78, 5) is 14.6. The summed E-state index contributed by atoms with van der Waals surface area (Å²) in [6.45, 7) is 5.16. The van der Waals surface area contributed by atoms with Crippen molar-refractivity contribution in [2.75, 3.05) is 33.3 Å². The smallest absolute Gasteiger partial charge is 0.228 e. The lowest BCUT2D eigenvalue weighted by Gasteiger charge is -2.38. The number of piperidine rings is 1. The van der Waals surface area contributed by atoms with Gasteiger partial charge in [-0.1, -0.05) is 25.1 Å². The SMILES string of the molecule is CCC1(C(=O)N(C)CCOc2ccccc2)CCNCC1. The third-order valence-corrected chi connectivity index (χ3v) is 4.48. The maximum atomic E-state index is 12.7. The van der Waals surface area contributed by atoms with Crippen LogP contribution in [0.2, 0.25) is 0 Å². The van der Waals surface area contributed by atoms with E-state index in [4.69, 9.17) is 4.74 Å².